The molecule has 7 nitrogen and oxygen atoms in total. The Morgan fingerprint density at radius 1 is 1.09 bits per heavy atom. The lowest BCUT2D eigenvalue weighted by Crippen LogP contribution is -2.46. The minimum atomic E-state index is -1.16. The number of phenols is 1. The fourth-order valence-electron chi connectivity index (χ4n) is 6.83. The monoisotopic (exact) mass is 467 g/mol. The molecule has 2 aliphatic heterocycles. The number of phenolic OH excluding ortho intramolecular Hbond substituents is 1. The van der Waals surface area contributed by atoms with Gasteiger partial charge in [0.2, 0.25) is 11.8 Å². The van der Waals surface area contributed by atoms with Gasteiger partial charge in [-0.2, -0.15) is 0 Å². The number of carbonyl (C=O) groups is 2. The van der Waals surface area contributed by atoms with Gasteiger partial charge in [0.1, 0.15) is 5.75 Å². The van der Waals surface area contributed by atoms with Crippen molar-refractivity contribution in [1.29, 1.82) is 0 Å². The highest BCUT2D eigenvalue weighted by molar-refractivity contribution is 6.53. The van der Waals surface area contributed by atoms with Crippen LogP contribution in [-0.4, -0.2) is 53.7 Å². The van der Waals surface area contributed by atoms with Crippen LogP contribution in [-0.2, 0) is 19.0 Å². The molecule has 0 radical (unpaired) electrons. The van der Waals surface area contributed by atoms with Gasteiger partial charge >= 0.3 is 7.12 Å². The first-order valence-electron chi connectivity index (χ1n) is 12.5. The topological polar surface area (TPSA) is 96.3 Å². The quantitative estimate of drug-likeness (QED) is 0.521. The van der Waals surface area contributed by atoms with Crippen molar-refractivity contribution in [2.24, 2.45) is 17.8 Å². The van der Waals surface area contributed by atoms with Crippen LogP contribution in [0.25, 0.3) is 0 Å². The van der Waals surface area contributed by atoms with Crippen LogP contribution in [0.5, 0.6) is 5.75 Å². The Labute approximate surface area is 201 Å². The van der Waals surface area contributed by atoms with Crippen molar-refractivity contribution < 1.29 is 29.1 Å². The van der Waals surface area contributed by atoms with Gasteiger partial charge in [0.15, 0.2) is 0 Å². The summed E-state index contributed by atoms with van der Waals surface area (Å²) < 4.78 is 11.5. The predicted molar refractivity (Wildman–Crippen MR) is 127 cm³/mol. The molecule has 8 heteroatoms. The minimum absolute atomic E-state index is 0.00312. The third-order valence-corrected chi connectivity index (χ3v) is 8.39. The number of carbonyl (C=O) groups excluding carboxylic acids is 2. The second-order valence-electron chi connectivity index (χ2n) is 10.5. The van der Waals surface area contributed by atoms with Gasteiger partial charge in [0.25, 0.3) is 0 Å². The van der Waals surface area contributed by atoms with E-state index in [1.54, 1.807) is 12.0 Å². The molecule has 182 valence electrons. The van der Waals surface area contributed by atoms with Gasteiger partial charge in [0, 0.05) is 13.2 Å². The predicted octanol–water partition coefficient (Wildman–Crippen LogP) is 3.39. The number of likely N-dealkylation sites (tertiary alicyclic amines) is 1. The number of allylic oxidation sites excluding steroid dienone is 1. The zero-order valence-corrected chi connectivity index (χ0v) is 20.3. The number of hydrogen-bond donors (Lipinski definition) is 2. The van der Waals surface area contributed by atoms with E-state index in [1.165, 1.54) is 0 Å². The number of nitrogens with zero attached hydrogens (tertiary/aromatic N) is 1. The second-order valence-corrected chi connectivity index (χ2v) is 10.5. The van der Waals surface area contributed by atoms with Gasteiger partial charge in [0.05, 0.1) is 24.5 Å². The number of hydrogen-bond acceptors (Lipinski definition) is 6. The van der Waals surface area contributed by atoms with E-state index in [9.17, 15) is 19.7 Å². The normalized spacial score (nSPS) is 30.1. The number of amides is 2. The number of benzene rings is 1. The van der Waals surface area contributed by atoms with Crippen molar-refractivity contribution in [2.45, 2.75) is 70.9 Å². The maximum atomic E-state index is 13.8. The molecule has 4 aliphatic rings. The fourth-order valence-corrected chi connectivity index (χ4v) is 6.83. The largest absolute Gasteiger partial charge is 0.507 e. The van der Waals surface area contributed by atoms with Crippen LogP contribution < -0.4 is 0 Å². The number of ether oxygens (including phenoxy) is 1. The molecule has 0 aromatic heterocycles. The first-order valence-corrected chi connectivity index (χ1v) is 12.5. The van der Waals surface area contributed by atoms with Crippen LogP contribution >= 0.6 is 0 Å². The molecule has 2 heterocycles. The fraction of sp³-hybridized carbons (Fsp3) is 0.615. The van der Waals surface area contributed by atoms with Gasteiger partial charge < -0.3 is 19.5 Å². The molecule has 34 heavy (non-hydrogen) atoms. The molecular weight excluding hydrogens is 433 g/mol. The third-order valence-electron chi connectivity index (χ3n) is 8.39. The van der Waals surface area contributed by atoms with E-state index in [-0.39, 0.29) is 29.5 Å². The van der Waals surface area contributed by atoms with E-state index in [0.29, 0.717) is 19.4 Å². The lowest BCUT2D eigenvalue weighted by atomic mass is 9.55. The summed E-state index contributed by atoms with van der Waals surface area (Å²) in [6.07, 6.45) is 5.52. The maximum absolute atomic E-state index is 13.8. The zero-order chi connectivity index (χ0) is 24.1. The first-order chi connectivity index (χ1) is 16.3. The summed E-state index contributed by atoms with van der Waals surface area (Å²) in [4.78, 5) is 28.9. The molecule has 2 saturated heterocycles. The van der Waals surface area contributed by atoms with Crippen LogP contribution in [0.15, 0.2) is 23.2 Å². The Hall–Kier alpha value is -2.16. The van der Waals surface area contributed by atoms with Crippen molar-refractivity contribution >= 4 is 18.9 Å². The van der Waals surface area contributed by atoms with E-state index in [1.807, 2.05) is 26.0 Å². The van der Waals surface area contributed by atoms with Crippen LogP contribution in [0.3, 0.4) is 0 Å². The average molecular weight is 467 g/mol. The summed E-state index contributed by atoms with van der Waals surface area (Å²) >= 11 is 0. The van der Waals surface area contributed by atoms with Crippen molar-refractivity contribution in [2.75, 3.05) is 13.7 Å². The van der Waals surface area contributed by atoms with Crippen molar-refractivity contribution in [3.05, 3.63) is 39.9 Å². The molecule has 0 unspecified atom stereocenters. The van der Waals surface area contributed by atoms with Gasteiger partial charge in [-0.15, -0.1) is 0 Å². The van der Waals surface area contributed by atoms with Gasteiger partial charge in [-0.25, -0.2) is 0 Å². The Kier molecular flexibility index (Phi) is 6.33. The average Bonchev–Trinajstić information content (AvgIpc) is 3.07. The van der Waals surface area contributed by atoms with Gasteiger partial charge in [-0.3, -0.25) is 14.5 Å². The molecule has 2 amide bonds. The molecule has 5 rings (SSSR count). The number of rotatable bonds is 4. The molecule has 0 spiro atoms. The van der Waals surface area contributed by atoms with Gasteiger partial charge in [-0.1, -0.05) is 19.3 Å². The van der Waals surface area contributed by atoms with Crippen LogP contribution in [0.4, 0.5) is 0 Å². The van der Waals surface area contributed by atoms with Crippen molar-refractivity contribution in [1.82, 2.24) is 4.90 Å². The molecule has 1 aromatic rings. The third kappa shape index (κ3) is 3.80. The molecule has 0 bridgehead atoms. The summed E-state index contributed by atoms with van der Waals surface area (Å²) in [5.74, 6) is -1.03. The highest BCUT2D eigenvalue weighted by Gasteiger charge is 2.58. The summed E-state index contributed by atoms with van der Waals surface area (Å²) in [6, 6.07) is 3.75. The van der Waals surface area contributed by atoms with E-state index in [0.717, 1.165) is 59.8 Å². The smallest absolute Gasteiger partial charge is 0.487 e. The molecule has 2 aliphatic carbocycles. The van der Waals surface area contributed by atoms with Crippen LogP contribution in [0, 0.1) is 31.6 Å². The summed E-state index contributed by atoms with van der Waals surface area (Å²) in [5, 5.41) is 21.3. The number of aromatic hydroxyl groups is 1. The van der Waals surface area contributed by atoms with Crippen LogP contribution in [0.1, 0.15) is 67.7 Å². The SMILES string of the molecule is COCC1=C2B(O)O[C@H](c3cc(C)c(O)c(C)c3)C[C@H]2[C@H]2C(=O)N(C3CCCCC3)C(=O)[C@H]2C1. The number of methoxy groups -OCH3 is 1. The minimum Gasteiger partial charge on any atom is -0.507 e. The Balaban J connectivity index is 1.51. The Bertz CT molecular complexity index is 1010. The molecular formula is C26H34BNO6. The number of aryl methyl sites for hydroxylation is 2. The number of imide groups is 1. The molecule has 1 saturated carbocycles. The van der Waals surface area contributed by atoms with Gasteiger partial charge in [-0.05, 0) is 85.3 Å². The Morgan fingerprint density at radius 3 is 2.41 bits per heavy atom. The van der Waals surface area contributed by atoms with Crippen molar-refractivity contribution in [3.63, 3.8) is 0 Å². The lowest BCUT2D eigenvalue weighted by molar-refractivity contribution is -0.143. The van der Waals surface area contributed by atoms with Crippen LogP contribution in [0.2, 0.25) is 0 Å². The summed E-state index contributed by atoms with van der Waals surface area (Å²) in [5.41, 5.74) is 3.95. The molecule has 1 aromatic carbocycles. The van der Waals surface area contributed by atoms with Crippen molar-refractivity contribution in [3.8, 4) is 5.75 Å². The first kappa shape index (κ1) is 23.6. The molecule has 2 N–H and O–H groups in total. The standard InChI is InChI=1S/C26H34BNO6/c1-14-9-16(10-15(2)24(14)29)21-12-19-22-20(11-17(13-33-3)23(19)27(32)34-21)25(30)28(26(22)31)18-7-5-4-6-8-18/h9-10,18-22,29,32H,4-8,11-13H2,1-3H3/t19-,20-,21-,22+/m0/s1. The Morgan fingerprint density at radius 2 is 1.76 bits per heavy atom. The highest BCUT2D eigenvalue weighted by atomic mass is 16.5. The highest BCUT2D eigenvalue weighted by Crippen LogP contribution is 2.52. The van der Waals surface area contributed by atoms with E-state index in [2.05, 4.69) is 0 Å². The number of fused-ring (bicyclic) bond motifs is 3. The summed E-state index contributed by atoms with van der Waals surface area (Å²) in [7, 11) is 0.446. The van der Waals surface area contributed by atoms with E-state index >= 15 is 0 Å². The molecule has 4 atom stereocenters. The van der Waals surface area contributed by atoms with E-state index in [4.69, 9.17) is 9.39 Å². The summed E-state index contributed by atoms with van der Waals surface area (Å²) in [6.45, 7) is 3.98. The second kappa shape index (κ2) is 9.13. The zero-order valence-electron chi connectivity index (χ0n) is 20.3. The maximum Gasteiger partial charge on any atom is 0.487 e. The molecule has 3 fully saturated rings. The van der Waals surface area contributed by atoms with E-state index < -0.39 is 25.1 Å². The lowest BCUT2D eigenvalue weighted by Gasteiger charge is -2.42.